The minimum absolute atomic E-state index is 0.0585. The molecule has 0 saturated carbocycles. The molecule has 0 unspecified atom stereocenters. The van der Waals surface area contributed by atoms with Crippen LogP contribution in [-0.2, 0) is 0 Å². The van der Waals surface area contributed by atoms with Gasteiger partial charge in [0.1, 0.15) is 5.82 Å². The van der Waals surface area contributed by atoms with Crippen molar-refractivity contribution in [2.45, 2.75) is 53.1 Å². The molecule has 1 aromatic rings. The van der Waals surface area contributed by atoms with Crippen LogP contribution in [0.25, 0.3) is 0 Å². The Morgan fingerprint density at radius 3 is 2.58 bits per heavy atom. The summed E-state index contributed by atoms with van der Waals surface area (Å²) < 4.78 is 0. The summed E-state index contributed by atoms with van der Waals surface area (Å²) in [5, 5.41) is 6.36. The van der Waals surface area contributed by atoms with Crippen molar-refractivity contribution in [1.29, 1.82) is 0 Å². The van der Waals surface area contributed by atoms with E-state index < -0.39 is 0 Å². The predicted molar refractivity (Wildman–Crippen MR) is 99.3 cm³/mol. The van der Waals surface area contributed by atoms with Gasteiger partial charge in [0, 0.05) is 37.9 Å². The number of pyridine rings is 1. The summed E-state index contributed by atoms with van der Waals surface area (Å²) >= 11 is 0. The Bertz CT molecular complexity index is 536. The van der Waals surface area contributed by atoms with E-state index in [2.05, 4.69) is 41.3 Å². The van der Waals surface area contributed by atoms with Crippen LogP contribution in [-0.4, -0.2) is 47.5 Å². The number of aromatic nitrogens is 1. The summed E-state index contributed by atoms with van der Waals surface area (Å²) in [5.41, 5.74) is 0.610. The molecule has 1 amide bonds. The molecule has 1 aliphatic rings. The molecule has 1 aromatic heterocycles. The molecular formula is C19H32N4O. The van der Waals surface area contributed by atoms with E-state index in [4.69, 9.17) is 0 Å². The molecule has 24 heavy (non-hydrogen) atoms. The number of piperidine rings is 1. The third-order valence-corrected chi connectivity index (χ3v) is 4.33. The van der Waals surface area contributed by atoms with Gasteiger partial charge in [0.15, 0.2) is 0 Å². The Hall–Kier alpha value is -1.62. The maximum absolute atomic E-state index is 12.6. The highest BCUT2D eigenvalue weighted by Gasteiger charge is 2.23. The molecule has 2 rings (SSSR count). The van der Waals surface area contributed by atoms with Crippen LogP contribution < -0.4 is 10.6 Å². The van der Waals surface area contributed by atoms with Crippen LogP contribution in [0.5, 0.6) is 0 Å². The van der Waals surface area contributed by atoms with E-state index in [1.54, 1.807) is 12.3 Å². The van der Waals surface area contributed by atoms with Crippen LogP contribution in [0.4, 0.5) is 5.82 Å². The molecule has 1 saturated heterocycles. The summed E-state index contributed by atoms with van der Waals surface area (Å²) in [6.45, 7) is 13.9. The van der Waals surface area contributed by atoms with Gasteiger partial charge in [0.2, 0.25) is 0 Å². The van der Waals surface area contributed by atoms with Gasteiger partial charge in [-0.1, -0.05) is 13.8 Å². The highest BCUT2D eigenvalue weighted by molar-refractivity contribution is 5.98. The first kappa shape index (κ1) is 18.7. The van der Waals surface area contributed by atoms with Crippen LogP contribution in [0.15, 0.2) is 18.3 Å². The van der Waals surface area contributed by atoms with E-state index in [1.807, 2.05) is 19.9 Å². The van der Waals surface area contributed by atoms with Crippen molar-refractivity contribution in [1.82, 2.24) is 15.2 Å². The van der Waals surface area contributed by atoms with E-state index in [1.165, 1.54) is 6.42 Å². The van der Waals surface area contributed by atoms with Gasteiger partial charge in [-0.25, -0.2) is 4.98 Å². The largest absolute Gasteiger partial charge is 0.367 e. The average Bonchev–Trinajstić information content (AvgIpc) is 2.45. The molecule has 0 radical (unpaired) electrons. The summed E-state index contributed by atoms with van der Waals surface area (Å²) in [6, 6.07) is 3.98. The van der Waals surface area contributed by atoms with Crippen molar-refractivity contribution < 1.29 is 4.79 Å². The number of likely N-dealkylation sites (tertiary alicyclic amines) is 1. The van der Waals surface area contributed by atoms with Crippen LogP contribution in [0, 0.1) is 11.8 Å². The molecule has 5 heteroatoms. The van der Waals surface area contributed by atoms with Gasteiger partial charge in [-0.3, -0.25) is 4.79 Å². The van der Waals surface area contributed by atoms with Gasteiger partial charge in [0.05, 0.1) is 5.56 Å². The van der Waals surface area contributed by atoms with E-state index >= 15 is 0 Å². The SMILES string of the molecule is CC(C)Nc1ncccc1C(=O)N[C@@H](C)CN1C[C@H](C)C[C@@H](C)C1. The lowest BCUT2D eigenvalue weighted by molar-refractivity contribution is 0.0905. The molecule has 0 aliphatic carbocycles. The van der Waals surface area contributed by atoms with Crippen LogP contribution in [0.1, 0.15) is 51.4 Å². The molecule has 3 atom stereocenters. The van der Waals surface area contributed by atoms with E-state index in [9.17, 15) is 4.79 Å². The first-order chi connectivity index (χ1) is 11.3. The maximum Gasteiger partial charge on any atom is 0.255 e. The number of nitrogens with one attached hydrogen (secondary N) is 2. The summed E-state index contributed by atoms with van der Waals surface area (Å²) in [6.07, 6.45) is 3.01. The van der Waals surface area contributed by atoms with Crippen LogP contribution in [0.3, 0.4) is 0 Å². The molecule has 0 spiro atoms. The number of anilines is 1. The zero-order valence-corrected chi connectivity index (χ0v) is 15.7. The normalized spacial score (nSPS) is 23.1. The fourth-order valence-corrected chi connectivity index (χ4v) is 3.65. The van der Waals surface area contributed by atoms with Crippen molar-refractivity contribution in [2.24, 2.45) is 11.8 Å². The van der Waals surface area contributed by atoms with Crippen molar-refractivity contribution in [3.8, 4) is 0 Å². The number of carbonyl (C=O) groups is 1. The number of amides is 1. The van der Waals surface area contributed by atoms with E-state index in [0.717, 1.165) is 31.5 Å². The zero-order chi connectivity index (χ0) is 17.7. The fraction of sp³-hybridized carbons (Fsp3) is 0.684. The Morgan fingerprint density at radius 1 is 1.29 bits per heavy atom. The third-order valence-electron chi connectivity index (χ3n) is 4.33. The average molecular weight is 332 g/mol. The third kappa shape index (κ3) is 5.48. The molecular weight excluding hydrogens is 300 g/mol. The van der Waals surface area contributed by atoms with Crippen molar-refractivity contribution in [3.63, 3.8) is 0 Å². The summed E-state index contributed by atoms with van der Waals surface area (Å²) in [7, 11) is 0. The van der Waals surface area contributed by atoms with Gasteiger partial charge < -0.3 is 15.5 Å². The van der Waals surface area contributed by atoms with Crippen LogP contribution >= 0.6 is 0 Å². The number of nitrogens with zero attached hydrogens (tertiary/aromatic N) is 2. The molecule has 134 valence electrons. The molecule has 1 fully saturated rings. The highest BCUT2D eigenvalue weighted by Crippen LogP contribution is 2.21. The second kappa shape index (κ2) is 8.47. The van der Waals surface area contributed by atoms with Gasteiger partial charge in [-0.05, 0) is 51.2 Å². The zero-order valence-electron chi connectivity index (χ0n) is 15.7. The van der Waals surface area contributed by atoms with Crippen molar-refractivity contribution in [2.75, 3.05) is 25.0 Å². The second-order valence-corrected chi connectivity index (χ2v) is 7.74. The molecule has 2 heterocycles. The molecule has 2 N–H and O–H groups in total. The Balaban J connectivity index is 1.94. The topological polar surface area (TPSA) is 57.3 Å². The number of hydrogen-bond donors (Lipinski definition) is 2. The van der Waals surface area contributed by atoms with Crippen molar-refractivity contribution >= 4 is 11.7 Å². The minimum Gasteiger partial charge on any atom is -0.367 e. The van der Waals surface area contributed by atoms with Crippen LogP contribution in [0.2, 0.25) is 0 Å². The summed E-state index contributed by atoms with van der Waals surface area (Å²) in [4.78, 5) is 19.4. The lowest BCUT2D eigenvalue weighted by atomic mass is 9.92. The van der Waals surface area contributed by atoms with Gasteiger partial charge in [-0.15, -0.1) is 0 Å². The standard InChI is InChI=1S/C19H32N4O/c1-13(2)21-18-17(7-6-8-20-18)19(24)22-16(5)12-23-10-14(3)9-15(4)11-23/h6-8,13-16H,9-12H2,1-5H3,(H,20,21)(H,22,24)/t14-,15-,16+/m1/s1. The van der Waals surface area contributed by atoms with E-state index in [-0.39, 0.29) is 18.0 Å². The number of rotatable bonds is 6. The highest BCUT2D eigenvalue weighted by atomic mass is 16.1. The molecule has 0 aromatic carbocycles. The monoisotopic (exact) mass is 332 g/mol. The summed E-state index contributed by atoms with van der Waals surface area (Å²) in [5.74, 6) is 2.06. The maximum atomic E-state index is 12.6. The minimum atomic E-state index is -0.0585. The molecule has 1 aliphatic heterocycles. The predicted octanol–water partition coefficient (Wildman–Crippen LogP) is 3.00. The van der Waals surface area contributed by atoms with Gasteiger partial charge in [0.25, 0.3) is 5.91 Å². The first-order valence-electron chi connectivity index (χ1n) is 9.10. The Kier molecular flexibility index (Phi) is 6.60. The smallest absolute Gasteiger partial charge is 0.255 e. The Morgan fingerprint density at radius 2 is 1.96 bits per heavy atom. The fourth-order valence-electron chi connectivity index (χ4n) is 3.65. The lowest BCUT2D eigenvalue weighted by Gasteiger charge is -2.36. The van der Waals surface area contributed by atoms with Crippen molar-refractivity contribution in [3.05, 3.63) is 23.9 Å². The molecule has 0 bridgehead atoms. The van der Waals surface area contributed by atoms with E-state index in [0.29, 0.717) is 11.4 Å². The van der Waals surface area contributed by atoms with Gasteiger partial charge in [-0.2, -0.15) is 0 Å². The lowest BCUT2D eigenvalue weighted by Crippen LogP contribution is -2.47. The Labute approximate surface area is 146 Å². The number of hydrogen-bond acceptors (Lipinski definition) is 4. The number of carbonyl (C=O) groups excluding carboxylic acids is 1. The first-order valence-corrected chi connectivity index (χ1v) is 9.10. The quantitative estimate of drug-likeness (QED) is 0.841. The molecule has 5 nitrogen and oxygen atoms in total. The second-order valence-electron chi connectivity index (χ2n) is 7.74. The van der Waals surface area contributed by atoms with Gasteiger partial charge >= 0.3 is 0 Å².